The Kier molecular flexibility index (Phi) is 4.75. The number of hydrogen-bond donors (Lipinski definition) is 0. The van der Waals surface area contributed by atoms with Crippen LogP contribution in [0.5, 0.6) is 0 Å². The molecule has 2 heteroatoms. The summed E-state index contributed by atoms with van der Waals surface area (Å²) in [6, 6.07) is 39.8. The molecule has 2 heterocycles. The maximum atomic E-state index is 2.52. The second-order valence-corrected chi connectivity index (χ2v) is 9.45. The van der Waals surface area contributed by atoms with Crippen molar-refractivity contribution in [1.82, 2.24) is 9.13 Å². The predicted octanol–water partition coefficient (Wildman–Crippen LogP) is 9.28. The molecule has 2 aromatic heterocycles. The van der Waals surface area contributed by atoms with Crippen molar-refractivity contribution in [3.8, 4) is 22.3 Å². The number of aryl methyl sites for hydroxylation is 2. The molecule has 0 bridgehead atoms. The molecule has 0 radical (unpaired) electrons. The number of benzene rings is 5. The molecule has 36 heavy (non-hydrogen) atoms. The smallest absolute Gasteiger partial charge is 0.0585 e. The highest BCUT2D eigenvalue weighted by Gasteiger charge is 2.26. The van der Waals surface area contributed by atoms with E-state index in [0.29, 0.717) is 0 Å². The van der Waals surface area contributed by atoms with Crippen LogP contribution in [0.1, 0.15) is 13.8 Å². The summed E-state index contributed by atoms with van der Waals surface area (Å²) in [6.07, 6.45) is 0. The van der Waals surface area contributed by atoms with Crippen LogP contribution in [0.4, 0.5) is 0 Å². The Hall–Kier alpha value is -4.30. The van der Waals surface area contributed by atoms with Crippen molar-refractivity contribution < 1.29 is 0 Å². The lowest BCUT2D eigenvalue weighted by Gasteiger charge is -2.17. The molecule has 0 N–H and O–H groups in total. The highest BCUT2D eigenvalue weighted by atomic mass is 15.0. The molecular weight excluding hydrogens is 436 g/mol. The lowest BCUT2D eigenvalue weighted by Crippen LogP contribution is -1.99. The van der Waals surface area contributed by atoms with Gasteiger partial charge in [0.15, 0.2) is 0 Å². The monoisotopic (exact) mass is 464 g/mol. The zero-order valence-electron chi connectivity index (χ0n) is 20.7. The molecule has 2 nitrogen and oxygen atoms in total. The van der Waals surface area contributed by atoms with E-state index < -0.39 is 0 Å². The number of hydrogen-bond acceptors (Lipinski definition) is 0. The van der Waals surface area contributed by atoms with Crippen LogP contribution in [-0.2, 0) is 13.1 Å². The average Bonchev–Trinajstić information content (AvgIpc) is 3.45. The fourth-order valence-corrected chi connectivity index (χ4v) is 6.30. The van der Waals surface area contributed by atoms with Gasteiger partial charge in [0, 0.05) is 56.8 Å². The van der Waals surface area contributed by atoms with Crippen LogP contribution in [0.25, 0.3) is 65.9 Å². The minimum absolute atomic E-state index is 0.913. The van der Waals surface area contributed by atoms with Gasteiger partial charge in [-0.05, 0) is 37.1 Å². The van der Waals surface area contributed by atoms with Gasteiger partial charge in [0.05, 0.1) is 11.0 Å². The third kappa shape index (κ3) is 2.79. The first kappa shape index (κ1) is 21.0. The van der Waals surface area contributed by atoms with Crippen LogP contribution < -0.4 is 0 Å². The van der Waals surface area contributed by atoms with E-state index in [2.05, 4.69) is 132 Å². The molecule has 0 unspecified atom stereocenters. The summed E-state index contributed by atoms with van der Waals surface area (Å²) in [7, 11) is 0. The molecule has 0 fully saturated rings. The Balaban J connectivity index is 1.90. The molecule has 0 aliphatic rings. The first-order chi connectivity index (χ1) is 17.8. The quantitative estimate of drug-likeness (QED) is 0.246. The van der Waals surface area contributed by atoms with Crippen molar-refractivity contribution in [2.24, 2.45) is 0 Å². The maximum Gasteiger partial charge on any atom is 0.0585 e. The third-order valence-corrected chi connectivity index (χ3v) is 7.67. The van der Waals surface area contributed by atoms with Crippen LogP contribution in [0.15, 0.2) is 109 Å². The maximum absolute atomic E-state index is 2.52. The van der Waals surface area contributed by atoms with Crippen molar-refractivity contribution in [3.05, 3.63) is 109 Å². The van der Waals surface area contributed by atoms with E-state index in [0.717, 1.165) is 13.1 Å². The molecule has 0 aliphatic carbocycles. The van der Waals surface area contributed by atoms with Gasteiger partial charge in [0.1, 0.15) is 0 Å². The number of aromatic nitrogens is 2. The topological polar surface area (TPSA) is 9.86 Å². The highest BCUT2D eigenvalue weighted by molar-refractivity contribution is 6.32. The standard InChI is InChI=1S/C34H28N2/c1-3-35-27-21-13-11-19-25(27)31-30(24-17-9-6-10-18-24)34-32(26-20-12-14-22-28(26)36(34)4-2)29(33(31)35)23-15-7-5-8-16-23/h5-22H,3-4H2,1-2H3. The summed E-state index contributed by atoms with van der Waals surface area (Å²) in [6.45, 7) is 6.36. The van der Waals surface area contributed by atoms with Gasteiger partial charge in [-0.2, -0.15) is 0 Å². The molecule has 0 saturated heterocycles. The molecule has 0 atom stereocenters. The SMILES string of the molecule is CCn1c2ccccc2c2c(-c3ccccc3)c3c(c(-c4ccccc4)c21)c1ccccc1n3CC. The summed E-state index contributed by atoms with van der Waals surface area (Å²) >= 11 is 0. The van der Waals surface area contributed by atoms with Gasteiger partial charge in [-0.25, -0.2) is 0 Å². The minimum atomic E-state index is 0.913. The summed E-state index contributed by atoms with van der Waals surface area (Å²) in [5.74, 6) is 0. The number of fused-ring (bicyclic) bond motifs is 6. The number of rotatable bonds is 4. The zero-order chi connectivity index (χ0) is 24.2. The molecule has 5 aromatic carbocycles. The Morgan fingerprint density at radius 2 is 0.806 bits per heavy atom. The number of para-hydroxylation sites is 2. The summed E-state index contributed by atoms with van der Waals surface area (Å²) in [5, 5.41) is 5.34. The largest absolute Gasteiger partial charge is 0.340 e. The van der Waals surface area contributed by atoms with Crippen LogP contribution in [0.2, 0.25) is 0 Å². The van der Waals surface area contributed by atoms with E-state index in [9.17, 15) is 0 Å². The van der Waals surface area contributed by atoms with E-state index in [-0.39, 0.29) is 0 Å². The van der Waals surface area contributed by atoms with E-state index >= 15 is 0 Å². The Labute approximate surface area is 211 Å². The fraction of sp³-hybridized carbons (Fsp3) is 0.118. The van der Waals surface area contributed by atoms with Crippen LogP contribution in [-0.4, -0.2) is 9.13 Å². The minimum Gasteiger partial charge on any atom is -0.340 e. The van der Waals surface area contributed by atoms with Crippen LogP contribution >= 0.6 is 0 Å². The normalized spacial score (nSPS) is 11.8. The van der Waals surface area contributed by atoms with Crippen molar-refractivity contribution in [2.45, 2.75) is 26.9 Å². The van der Waals surface area contributed by atoms with E-state index in [1.54, 1.807) is 0 Å². The van der Waals surface area contributed by atoms with Gasteiger partial charge >= 0.3 is 0 Å². The molecule has 174 valence electrons. The van der Waals surface area contributed by atoms with E-state index in [1.165, 1.54) is 65.9 Å². The summed E-state index contributed by atoms with van der Waals surface area (Å²) in [4.78, 5) is 0. The predicted molar refractivity (Wildman–Crippen MR) is 155 cm³/mol. The molecule has 0 spiro atoms. The van der Waals surface area contributed by atoms with Crippen LogP contribution in [0.3, 0.4) is 0 Å². The summed E-state index contributed by atoms with van der Waals surface area (Å²) in [5.41, 5.74) is 10.5. The van der Waals surface area contributed by atoms with Gasteiger partial charge in [-0.1, -0.05) is 97.1 Å². The summed E-state index contributed by atoms with van der Waals surface area (Å²) < 4.78 is 5.05. The lowest BCUT2D eigenvalue weighted by atomic mass is 9.90. The van der Waals surface area contributed by atoms with Crippen LogP contribution in [0, 0.1) is 0 Å². The average molecular weight is 465 g/mol. The lowest BCUT2D eigenvalue weighted by molar-refractivity contribution is 0.825. The fourth-order valence-electron chi connectivity index (χ4n) is 6.30. The Bertz CT molecular complexity index is 1750. The Morgan fingerprint density at radius 3 is 1.19 bits per heavy atom. The van der Waals surface area contributed by atoms with E-state index in [1.807, 2.05) is 0 Å². The van der Waals surface area contributed by atoms with Gasteiger partial charge in [-0.15, -0.1) is 0 Å². The van der Waals surface area contributed by atoms with Gasteiger partial charge in [0.2, 0.25) is 0 Å². The Morgan fingerprint density at radius 1 is 0.444 bits per heavy atom. The molecule has 7 aromatic rings. The van der Waals surface area contributed by atoms with Crippen molar-refractivity contribution in [1.29, 1.82) is 0 Å². The van der Waals surface area contributed by atoms with E-state index in [4.69, 9.17) is 0 Å². The first-order valence-corrected chi connectivity index (χ1v) is 12.9. The van der Waals surface area contributed by atoms with Crippen molar-refractivity contribution in [3.63, 3.8) is 0 Å². The van der Waals surface area contributed by atoms with Gasteiger partial charge in [-0.3, -0.25) is 0 Å². The second-order valence-electron chi connectivity index (χ2n) is 9.45. The van der Waals surface area contributed by atoms with Crippen molar-refractivity contribution in [2.75, 3.05) is 0 Å². The molecule has 0 amide bonds. The molecule has 0 aliphatic heterocycles. The molecule has 7 rings (SSSR count). The zero-order valence-corrected chi connectivity index (χ0v) is 20.7. The first-order valence-electron chi connectivity index (χ1n) is 12.9. The second kappa shape index (κ2) is 8.13. The van der Waals surface area contributed by atoms with Gasteiger partial charge in [0.25, 0.3) is 0 Å². The highest BCUT2D eigenvalue weighted by Crippen LogP contribution is 2.50. The van der Waals surface area contributed by atoms with Gasteiger partial charge < -0.3 is 9.13 Å². The molecule has 0 saturated carbocycles. The molecular formula is C34H28N2. The van der Waals surface area contributed by atoms with Crippen molar-refractivity contribution >= 4 is 43.6 Å². The number of nitrogens with zero attached hydrogens (tertiary/aromatic N) is 2. The third-order valence-electron chi connectivity index (χ3n) is 7.67.